The van der Waals surface area contributed by atoms with Gasteiger partial charge in [0.25, 0.3) is 0 Å². The Morgan fingerprint density at radius 2 is 1.86 bits per heavy atom. The van der Waals surface area contributed by atoms with Gasteiger partial charge in [-0.3, -0.25) is 0 Å². The van der Waals surface area contributed by atoms with Gasteiger partial charge in [0.1, 0.15) is 23.4 Å². The third kappa shape index (κ3) is 2.47. The van der Waals surface area contributed by atoms with Crippen LogP contribution in [0.25, 0.3) is 0 Å². The van der Waals surface area contributed by atoms with Gasteiger partial charge in [-0.1, -0.05) is 0 Å². The van der Waals surface area contributed by atoms with Crippen LogP contribution in [0.5, 0.6) is 11.5 Å². The van der Waals surface area contributed by atoms with Gasteiger partial charge in [0.2, 0.25) is 0 Å². The first kappa shape index (κ1) is 13.9. The van der Waals surface area contributed by atoms with Gasteiger partial charge < -0.3 is 15.6 Å². The summed E-state index contributed by atoms with van der Waals surface area (Å²) in [6.45, 7) is 3.72. The summed E-state index contributed by atoms with van der Waals surface area (Å²) in [4.78, 5) is 0. The zero-order valence-electron chi connectivity index (χ0n) is 12.1. The normalized spacial score (nSPS) is 20.8. The van der Waals surface area contributed by atoms with Gasteiger partial charge in [-0.2, -0.15) is 0 Å². The van der Waals surface area contributed by atoms with Crippen LogP contribution in [0, 0.1) is 19.7 Å². The van der Waals surface area contributed by atoms with E-state index in [1.807, 2.05) is 26.0 Å². The van der Waals surface area contributed by atoms with Crippen LogP contribution in [0.1, 0.15) is 40.8 Å². The minimum absolute atomic E-state index is 0.184. The second-order valence-electron chi connectivity index (χ2n) is 5.63. The molecule has 1 aliphatic rings. The number of aromatic hydroxyl groups is 1. The van der Waals surface area contributed by atoms with E-state index in [1.54, 1.807) is 6.07 Å². The summed E-state index contributed by atoms with van der Waals surface area (Å²) in [7, 11) is 0. The van der Waals surface area contributed by atoms with Crippen molar-refractivity contribution >= 4 is 0 Å². The number of rotatable bonds is 1. The van der Waals surface area contributed by atoms with Crippen LogP contribution in [0.4, 0.5) is 4.39 Å². The Hall–Kier alpha value is -2.07. The third-order valence-electron chi connectivity index (χ3n) is 3.99. The van der Waals surface area contributed by atoms with Crippen molar-refractivity contribution in [2.45, 2.75) is 32.4 Å². The Morgan fingerprint density at radius 3 is 2.52 bits per heavy atom. The van der Waals surface area contributed by atoms with E-state index in [1.165, 1.54) is 12.1 Å². The lowest BCUT2D eigenvalue weighted by molar-refractivity contribution is 0.161. The van der Waals surface area contributed by atoms with Gasteiger partial charge in [0.15, 0.2) is 0 Å². The molecular weight excluding hydrogens is 269 g/mol. The summed E-state index contributed by atoms with van der Waals surface area (Å²) in [5.41, 5.74) is 9.46. The fraction of sp³-hybridized carbons (Fsp3) is 0.294. The Bertz CT molecular complexity index is 676. The molecule has 0 saturated heterocycles. The average molecular weight is 287 g/mol. The first-order valence-corrected chi connectivity index (χ1v) is 6.97. The molecule has 0 saturated carbocycles. The Kier molecular flexibility index (Phi) is 3.33. The number of fused-ring (bicyclic) bond motifs is 1. The van der Waals surface area contributed by atoms with Crippen molar-refractivity contribution in [3.63, 3.8) is 0 Å². The summed E-state index contributed by atoms with van der Waals surface area (Å²) in [5.74, 6) is 0.632. The molecule has 0 bridgehead atoms. The van der Waals surface area contributed by atoms with Crippen LogP contribution in [0.2, 0.25) is 0 Å². The zero-order valence-corrected chi connectivity index (χ0v) is 12.1. The summed E-state index contributed by atoms with van der Waals surface area (Å²) < 4.78 is 19.3. The number of hydrogen-bond acceptors (Lipinski definition) is 3. The maximum absolute atomic E-state index is 13.3. The Morgan fingerprint density at radius 1 is 1.19 bits per heavy atom. The predicted octanol–water partition coefficient (Wildman–Crippen LogP) is 3.67. The van der Waals surface area contributed by atoms with Gasteiger partial charge in [0, 0.05) is 18.0 Å². The lowest BCUT2D eigenvalue weighted by atomic mass is 9.92. The average Bonchev–Trinajstić information content (AvgIpc) is 2.44. The molecule has 0 amide bonds. The molecule has 110 valence electrons. The van der Waals surface area contributed by atoms with Gasteiger partial charge in [0.05, 0.1) is 0 Å². The molecule has 2 aromatic carbocycles. The number of nitrogens with two attached hydrogens (primary N) is 1. The lowest BCUT2D eigenvalue weighted by Crippen LogP contribution is -2.24. The van der Waals surface area contributed by atoms with Crippen molar-refractivity contribution < 1.29 is 14.2 Å². The van der Waals surface area contributed by atoms with Crippen LogP contribution in [0.3, 0.4) is 0 Å². The smallest absolute Gasteiger partial charge is 0.126 e. The summed E-state index contributed by atoms with van der Waals surface area (Å²) in [6.07, 6.45) is 0.399. The van der Waals surface area contributed by atoms with E-state index >= 15 is 0 Å². The predicted molar refractivity (Wildman–Crippen MR) is 78.9 cm³/mol. The molecule has 3 nitrogen and oxygen atoms in total. The maximum atomic E-state index is 13.3. The summed E-state index contributed by atoms with van der Waals surface area (Å²) in [6, 6.07) is 7.99. The molecule has 1 unspecified atom stereocenters. The van der Waals surface area contributed by atoms with Crippen molar-refractivity contribution in [3.05, 3.63) is 58.4 Å². The van der Waals surface area contributed by atoms with Gasteiger partial charge in [-0.05, 0) is 60.9 Å². The highest BCUT2D eigenvalue weighted by molar-refractivity contribution is 5.45. The minimum Gasteiger partial charge on any atom is -0.507 e. The lowest BCUT2D eigenvalue weighted by Gasteiger charge is -2.31. The first-order chi connectivity index (χ1) is 9.95. The van der Waals surface area contributed by atoms with E-state index in [4.69, 9.17) is 10.5 Å². The molecule has 0 radical (unpaired) electrons. The SMILES string of the molecule is Cc1cc(C2C[C@H](N)c3cc(F)ccc3O2)cc(C)c1O. The molecular formula is C17H18FNO2. The van der Waals surface area contributed by atoms with E-state index in [-0.39, 0.29) is 18.0 Å². The van der Waals surface area contributed by atoms with E-state index < -0.39 is 0 Å². The fourth-order valence-electron chi connectivity index (χ4n) is 2.85. The molecule has 0 aromatic heterocycles. The summed E-state index contributed by atoms with van der Waals surface area (Å²) >= 11 is 0. The van der Waals surface area contributed by atoms with Crippen molar-refractivity contribution in [2.75, 3.05) is 0 Å². The largest absolute Gasteiger partial charge is 0.507 e. The van der Waals surface area contributed by atoms with Gasteiger partial charge >= 0.3 is 0 Å². The van der Waals surface area contributed by atoms with Gasteiger partial charge in [-0.25, -0.2) is 4.39 Å². The molecule has 1 aliphatic heterocycles. The van der Waals surface area contributed by atoms with Gasteiger partial charge in [-0.15, -0.1) is 0 Å². The highest BCUT2D eigenvalue weighted by atomic mass is 19.1. The maximum Gasteiger partial charge on any atom is 0.126 e. The van der Waals surface area contributed by atoms with Crippen LogP contribution < -0.4 is 10.5 Å². The number of benzene rings is 2. The van der Waals surface area contributed by atoms with Crippen LogP contribution in [-0.4, -0.2) is 5.11 Å². The highest BCUT2D eigenvalue weighted by Gasteiger charge is 2.28. The van der Waals surface area contributed by atoms with Crippen molar-refractivity contribution in [1.82, 2.24) is 0 Å². The molecule has 3 N–H and O–H groups in total. The summed E-state index contributed by atoms with van der Waals surface area (Å²) in [5, 5.41) is 9.86. The van der Waals surface area contributed by atoms with E-state index in [2.05, 4.69) is 0 Å². The number of phenolic OH excluding ortho intramolecular Hbond substituents is 1. The van der Waals surface area contributed by atoms with Crippen molar-refractivity contribution in [2.24, 2.45) is 5.73 Å². The highest BCUT2D eigenvalue weighted by Crippen LogP contribution is 2.41. The molecule has 4 heteroatoms. The standard InChI is InChI=1S/C17H18FNO2/c1-9-5-11(6-10(2)17(9)20)16-8-14(19)13-7-12(18)3-4-15(13)21-16/h3-7,14,16,20H,8,19H2,1-2H3/t14-,16?/m0/s1. The van der Waals surface area contributed by atoms with Crippen LogP contribution in [-0.2, 0) is 0 Å². The molecule has 0 fully saturated rings. The number of aryl methyl sites for hydroxylation is 2. The molecule has 2 atom stereocenters. The molecule has 3 rings (SSSR count). The Labute approximate surface area is 123 Å². The Balaban J connectivity index is 1.98. The van der Waals surface area contributed by atoms with Crippen LogP contribution in [0.15, 0.2) is 30.3 Å². The molecule has 2 aromatic rings. The second-order valence-corrected chi connectivity index (χ2v) is 5.63. The minimum atomic E-state index is -0.303. The first-order valence-electron chi connectivity index (χ1n) is 6.97. The molecule has 0 aliphatic carbocycles. The quantitative estimate of drug-likeness (QED) is 0.841. The van der Waals surface area contributed by atoms with Crippen molar-refractivity contribution in [3.8, 4) is 11.5 Å². The van der Waals surface area contributed by atoms with E-state index in [9.17, 15) is 9.50 Å². The van der Waals surface area contributed by atoms with E-state index in [0.717, 1.165) is 16.7 Å². The molecule has 21 heavy (non-hydrogen) atoms. The van der Waals surface area contributed by atoms with Crippen LogP contribution >= 0.6 is 0 Å². The van der Waals surface area contributed by atoms with Crippen molar-refractivity contribution in [1.29, 1.82) is 0 Å². The fourth-order valence-corrected chi connectivity index (χ4v) is 2.85. The number of halogens is 1. The zero-order chi connectivity index (χ0) is 15.1. The number of phenols is 1. The molecule has 0 spiro atoms. The topological polar surface area (TPSA) is 55.5 Å². The monoisotopic (exact) mass is 287 g/mol. The third-order valence-corrected chi connectivity index (χ3v) is 3.99. The molecule has 1 heterocycles. The number of ether oxygens (including phenoxy) is 1. The number of hydrogen-bond donors (Lipinski definition) is 2. The van der Waals surface area contributed by atoms with E-state index in [0.29, 0.717) is 23.5 Å². The second kappa shape index (κ2) is 5.04.